The number of aromatic nitrogens is 1. The minimum atomic E-state index is -4.41. The van der Waals surface area contributed by atoms with Crippen LogP contribution in [0, 0.1) is 0 Å². The number of carbonyl (C=O) groups excluding carboxylic acids is 1. The number of nitrogens with zero attached hydrogens (tertiary/aromatic N) is 2. The zero-order chi connectivity index (χ0) is 19.7. The molecular weight excluding hydrogens is 391 g/mol. The topological polar surface area (TPSA) is 54.5 Å². The van der Waals surface area contributed by atoms with Crippen molar-refractivity contribution in [2.75, 3.05) is 36.5 Å². The van der Waals surface area contributed by atoms with E-state index in [-0.39, 0.29) is 11.0 Å². The minimum absolute atomic E-state index is 0.261. The lowest BCUT2D eigenvalue weighted by atomic mass is 10.2. The number of hydrogen-bond donors (Lipinski definition) is 1. The third-order valence-electron chi connectivity index (χ3n) is 4.44. The van der Waals surface area contributed by atoms with Crippen molar-refractivity contribution in [1.29, 1.82) is 0 Å². The number of benzene rings is 2. The molecule has 2 heterocycles. The third kappa shape index (κ3) is 3.95. The number of amides is 1. The highest BCUT2D eigenvalue weighted by Gasteiger charge is 2.30. The Morgan fingerprint density at radius 1 is 1.11 bits per heavy atom. The lowest BCUT2D eigenvalue weighted by Gasteiger charge is -2.28. The molecule has 9 heteroatoms. The van der Waals surface area contributed by atoms with Crippen molar-refractivity contribution in [3.63, 3.8) is 0 Å². The average Bonchev–Trinajstić information content (AvgIpc) is 3.09. The number of halogens is 3. The van der Waals surface area contributed by atoms with Crippen LogP contribution in [0.25, 0.3) is 10.2 Å². The largest absolute Gasteiger partial charge is 0.416 e. The second-order valence-corrected chi connectivity index (χ2v) is 7.33. The number of rotatable bonds is 3. The number of thiazole rings is 1. The zero-order valence-corrected chi connectivity index (χ0v) is 15.4. The molecule has 2 aromatic carbocycles. The van der Waals surface area contributed by atoms with E-state index in [1.165, 1.54) is 6.07 Å². The molecule has 146 valence electrons. The Hall–Kier alpha value is -2.65. The first-order valence-corrected chi connectivity index (χ1v) is 9.44. The Labute approximate surface area is 162 Å². The van der Waals surface area contributed by atoms with Gasteiger partial charge in [0.25, 0.3) is 5.91 Å². The van der Waals surface area contributed by atoms with Crippen LogP contribution in [-0.4, -0.2) is 37.2 Å². The maximum Gasteiger partial charge on any atom is 0.416 e. The van der Waals surface area contributed by atoms with Crippen molar-refractivity contribution < 1.29 is 22.7 Å². The van der Waals surface area contributed by atoms with Gasteiger partial charge in [-0.25, -0.2) is 4.98 Å². The molecule has 3 aromatic rings. The lowest BCUT2D eigenvalue weighted by molar-refractivity contribution is -0.137. The molecule has 1 fully saturated rings. The minimum Gasteiger partial charge on any atom is -0.378 e. The number of alkyl halides is 3. The Kier molecular flexibility index (Phi) is 4.94. The zero-order valence-electron chi connectivity index (χ0n) is 14.6. The summed E-state index contributed by atoms with van der Waals surface area (Å²) in [6.45, 7) is 2.96. The number of morpholine rings is 1. The van der Waals surface area contributed by atoms with E-state index in [0.29, 0.717) is 29.0 Å². The van der Waals surface area contributed by atoms with Crippen LogP contribution in [0.1, 0.15) is 15.9 Å². The highest BCUT2D eigenvalue weighted by atomic mass is 32.1. The van der Waals surface area contributed by atoms with Gasteiger partial charge in [-0.3, -0.25) is 10.1 Å². The number of ether oxygens (including phenoxy) is 1. The monoisotopic (exact) mass is 407 g/mol. The number of hydrogen-bond acceptors (Lipinski definition) is 5. The van der Waals surface area contributed by atoms with E-state index in [0.717, 1.165) is 42.2 Å². The maximum atomic E-state index is 12.8. The number of fused-ring (bicyclic) bond motifs is 1. The third-order valence-corrected chi connectivity index (χ3v) is 5.38. The first-order chi connectivity index (χ1) is 13.4. The summed E-state index contributed by atoms with van der Waals surface area (Å²) in [5, 5.41) is 2.92. The van der Waals surface area contributed by atoms with Crippen LogP contribution in [-0.2, 0) is 10.9 Å². The summed E-state index contributed by atoms with van der Waals surface area (Å²) in [5.74, 6) is -0.358. The SMILES string of the molecule is O=C(Nc1nc2ccc(C(F)(F)F)cc2s1)c1ccc(N2CCOCC2)cc1. The number of carbonyl (C=O) groups is 1. The summed E-state index contributed by atoms with van der Waals surface area (Å²) in [6, 6.07) is 10.5. The van der Waals surface area contributed by atoms with Crippen molar-refractivity contribution in [1.82, 2.24) is 4.98 Å². The molecule has 0 radical (unpaired) electrons. The summed E-state index contributed by atoms with van der Waals surface area (Å²) < 4.78 is 44.2. The standard InChI is InChI=1S/C19H16F3N3O2S/c20-19(21,22)13-3-6-15-16(11-13)28-18(23-15)24-17(26)12-1-4-14(5-2-12)25-7-9-27-10-8-25/h1-6,11H,7-10H2,(H,23,24,26). The van der Waals surface area contributed by atoms with E-state index < -0.39 is 11.7 Å². The van der Waals surface area contributed by atoms with Gasteiger partial charge in [-0.05, 0) is 42.5 Å². The van der Waals surface area contributed by atoms with Crippen LogP contribution in [0.2, 0.25) is 0 Å². The molecule has 1 aromatic heterocycles. The molecular formula is C19H16F3N3O2S. The molecule has 5 nitrogen and oxygen atoms in total. The molecule has 0 bridgehead atoms. The van der Waals surface area contributed by atoms with Crippen LogP contribution in [0.3, 0.4) is 0 Å². The van der Waals surface area contributed by atoms with E-state index in [4.69, 9.17) is 4.74 Å². The van der Waals surface area contributed by atoms with Gasteiger partial charge in [0, 0.05) is 24.3 Å². The molecule has 1 N–H and O–H groups in total. The second-order valence-electron chi connectivity index (χ2n) is 6.30. The van der Waals surface area contributed by atoms with Crippen molar-refractivity contribution in [3.05, 3.63) is 53.6 Å². The molecule has 0 saturated carbocycles. The fourth-order valence-electron chi connectivity index (χ4n) is 2.97. The van der Waals surface area contributed by atoms with Crippen LogP contribution < -0.4 is 10.2 Å². The summed E-state index contributed by atoms with van der Waals surface area (Å²) in [4.78, 5) is 18.8. The van der Waals surface area contributed by atoms with Gasteiger partial charge in [0.1, 0.15) is 0 Å². The summed E-state index contributed by atoms with van der Waals surface area (Å²) in [7, 11) is 0. The van der Waals surface area contributed by atoms with E-state index in [1.807, 2.05) is 12.1 Å². The van der Waals surface area contributed by atoms with Gasteiger partial charge in [-0.15, -0.1) is 0 Å². The molecule has 4 rings (SSSR count). The highest BCUT2D eigenvalue weighted by Crippen LogP contribution is 2.34. The Morgan fingerprint density at radius 2 is 1.82 bits per heavy atom. The predicted octanol–water partition coefficient (Wildman–Crippen LogP) is 4.40. The molecule has 1 amide bonds. The van der Waals surface area contributed by atoms with E-state index in [9.17, 15) is 18.0 Å². The van der Waals surface area contributed by atoms with Gasteiger partial charge in [-0.2, -0.15) is 13.2 Å². The molecule has 1 saturated heterocycles. The van der Waals surface area contributed by atoms with Gasteiger partial charge in [0.15, 0.2) is 5.13 Å². The number of nitrogens with one attached hydrogen (secondary N) is 1. The maximum absolute atomic E-state index is 12.8. The van der Waals surface area contributed by atoms with Gasteiger partial charge in [-0.1, -0.05) is 11.3 Å². The average molecular weight is 407 g/mol. The van der Waals surface area contributed by atoms with Gasteiger partial charge >= 0.3 is 6.18 Å². The van der Waals surface area contributed by atoms with Crippen LogP contribution >= 0.6 is 11.3 Å². The van der Waals surface area contributed by atoms with E-state index >= 15 is 0 Å². The van der Waals surface area contributed by atoms with Gasteiger partial charge < -0.3 is 9.64 Å². The lowest BCUT2D eigenvalue weighted by Crippen LogP contribution is -2.36. The molecule has 28 heavy (non-hydrogen) atoms. The van der Waals surface area contributed by atoms with Gasteiger partial charge in [0.2, 0.25) is 0 Å². The smallest absolute Gasteiger partial charge is 0.378 e. The fourth-order valence-corrected chi connectivity index (χ4v) is 3.87. The number of anilines is 2. The van der Waals surface area contributed by atoms with Crippen molar-refractivity contribution >= 4 is 38.3 Å². The van der Waals surface area contributed by atoms with E-state index in [1.54, 1.807) is 12.1 Å². The molecule has 0 spiro atoms. The van der Waals surface area contributed by atoms with Crippen molar-refractivity contribution in [2.45, 2.75) is 6.18 Å². The van der Waals surface area contributed by atoms with E-state index in [2.05, 4.69) is 15.2 Å². The first-order valence-electron chi connectivity index (χ1n) is 8.62. The quantitative estimate of drug-likeness (QED) is 0.699. The predicted molar refractivity (Wildman–Crippen MR) is 102 cm³/mol. The molecule has 1 aliphatic rings. The van der Waals surface area contributed by atoms with Crippen molar-refractivity contribution in [2.24, 2.45) is 0 Å². The summed E-state index contributed by atoms with van der Waals surface area (Å²) in [6.07, 6.45) is -4.41. The normalized spacial score (nSPS) is 15.0. The molecule has 0 aliphatic carbocycles. The van der Waals surface area contributed by atoms with Crippen LogP contribution in [0.5, 0.6) is 0 Å². The van der Waals surface area contributed by atoms with Crippen molar-refractivity contribution in [3.8, 4) is 0 Å². The molecule has 0 unspecified atom stereocenters. The van der Waals surface area contributed by atoms with Crippen LogP contribution in [0.15, 0.2) is 42.5 Å². The second kappa shape index (κ2) is 7.40. The fraction of sp³-hybridized carbons (Fsp3) is 0.263. The molecule has 1 aliphatic heterocycles. The molecule has 0 atom stereocenters. The van der Waals surface area contributed by atoms with Gasteiger partial charge in [0.05, 0.1) is 29.0 Å². The summed E-state index contributed by atoms with van der Waals surface area (Å²) in [5.41, 5.74) is 1.14. The summed E-state index contributed by atoms with van der Waals surface area (Å²) >= 11 is 1.01. The first kappa shape index (κ1) is 18.7. The Bertz CT molecular complexity index is 996. The van der Waals surface area contributed by atoms with Crippen LogP contribution in [0.4, 0.5) is 24.0 Å². The highest BCUT2D eigenvalue weighted by molar-refractivity contribution is 7.22. The Morgan fingerprint density at radius 3 is 2.50 bits per heavy atom. The Balaban J connectivity index is 1.48.